The molecule has 0 spiro atoms. The summed E-state index contributed by atoms with van der Waals surface area (Å²) >= 11 is 4.45. The van der Waals surface area contributed by atoms with Crippen molar-refractivity contribution in [1.29, 1.82) is 0 Å². The number of anilines is 1. The molecule has 2 aromatic carbocycles. The lowest BCUT2D eigenvalue weighted by Gasteiger charge is -2.07. The van der Waals surface area contributed by atoms with Crippen molar-refractivity contribution in [2.24, 2.45) is 0 Å². The third-order valence-corrected chi connectivity index (χ3v) is 6.07. The molecule has 0 aliphatic heterocycles. The number of sulfonamides is 1. The van der Waals surface area contributed by atoms with Gasteiger partial charge in [-0.15, -0.1) is 10.2 Å². The molecule has 0 bridgehead atoms. The molecule has 0 aliphatic carbocycles. The number of nitrogens with one attached hydrogen (secondary N) is 1. The van der Waals surface area contributed by atoms with Crippen molar-refractivity contribution < 1.29 is 13.2 Å². The smallest absolute Gasteiger partial charge is 0.263 e. The minimum absolute atomic E-state index is 0.103. The van der Waals surface area contributed by atoms with Crippen LogP contribution in [0, 0.1) is 0 Å². The Balaban J connectivity index is 1.85. The first-order valence-electron chi connectivity index (χ1n) is 6.75. The Hall–Kier alpha value is -1.97. The topological polar surface area (TPSA) is 81.2 Å². The average molecular weight is 426 g/mol. The fourth-order valence-corrected chi connectivity index (χ4v) is 4.65. The molecule has 124 valence electrons. The van der Waals surface area contributed by atoms with Gasteiger partial charge in [-0.2, -0.15) is 0 Å². The Kier molecular flexibility index (Phi) is 4.83. The van der Waals surface area contributed by atoms with E-state index in [2.05, 4.69) is 30.8 Å². The Labute approximate surface area is 151 Å². The van der Waals surface area contributed by atoms with Gasteiger partial charge in [0, 0.05) is 5.56 Å². The Morgan fingerprint density at radius 2 is 1.88 bits per heavy atom. The first-order chi connectivity index (χ1) is 11.5. The summed E-state index contributed by atoms with van der Waals surface area (Å²) in [5.74, 6) is 0.552. The molecule has 0 aliphatic rings. The molecule has 0 saturated carbocycles. The summed E-state index contributed by atoms with van der Waals surface area (Å²) < 4.78 is 33.0. The first-order valence-corrected chi connectivity index (χ1v) is 9.84. The normalized spacial score (nSPS) is 11.2. The van der Waals surface area contributed by atoms with Gasteiger partial charge in [-0.1, -0.05) is 41.7 Å². The van der Waals surface area contributed by atoms with E-state index < -0.39 is 10.0 Å². The van der Waals surface area contributed by atoms with Crippen molar-refractivity contribution in [3.63, 3.8) is 0 Å². The van der Waals surface area contributed by atoms with Gasteiger partial charge in [0.1, 0.15) is 10.8 Å². The SMILES string of the molecule is COc1ccc(S(=O)(=O)Nc2nnc(-c3ccccc3)s2)cc1Br. The van der Waals surface area contributed by atoms with E-state index in [-0.39, 0.29) is 10.0 Å². The standard InChI is InChI=1S/C15H12BrN3O3S2/c1-22-13-8-7-11(9-12(13)16)24(20,21)19-15-18-17-14(23-15)10-5-3-2-4-6-10/h2-9H,1H3,(H,18,19). The first kappa shape index (κ1) is 16.9. The zero-order valence-electron chi connectivity index (χ0n) is 12.4. The van der Waals surface area contributed by atoms with E-state index in [1.165, 1.54) is 30.6 Å². The quantitative estimate of drug-likeness (QED) is 0.672. The molecule has 6 nitrogen and oxygen atoms in total. The van der Waals surface area contributed by atoms with E-state index in [9.17, 15) is 8.42 Å². The zero-order valence-corrected chi connectivity index (χ0v) is 15.7. The number of benzene rings is 2. The lowest BCUT2D eigenvalue weighted by Crippen LogP contribution is -2.12. The summed E-state index contributed by atoms with van der Waals surface area (Å²) in [5.41, 5.74) is 0.882. The van der Waals surface area contributed by atoms with E-state index in [0.717, 1.165) is 5.56 Å². The van der Waals surface area contributed by atoms with Gasteiger partial charge >= 0.3 is 0 Å². The van der Waals surface area contributed by atoms with Crippen LogP contribution in [-0.4, -0.2) is 25.7 Å². The van der Waals surface area contributed by atoms with E-state index in [1.54, 1.807) is 6.07 Å². The number of aromatic nitrogens is 2. The van der Waals surface area contributed by atoms with E-state index in [0.29, 0.717) is 15.2 Å². The van der Waals surface area contributed by atoms with Gasteiger partial charge in [-0.05, 0) is 34.1 Å². The predicted octanol–water partition coefficient (Wildman–Crippen LogP) is 3.78. The number of nitrogens with zero attached hydrogens (tertiary/aromatic N) is 2. The molecule has 3 rings (SSSR count). The third kappa shape index (κ3) is 3.58. The van der Waals surface area contributed by atoms with E-state index >= 15 is 0 Å². The summed E-state index contributed by atoms with van der Waals surface area (Å²) in [7, 11) is -2.24. The van der Waals surface area contributed by atoms with Gasteiger partial charge in [-0.25, -0.2) is 8.42 Å². The minimum atomic E-state index is -3.76. The highest BCUT2D eigenvalue weighted by molar-refractivity contribution is 9.10. The molecule has 1 aromatic heterocycles. The van der Waals surface area contributed by atoms with Crippen LogP contribution in [-0.2, 0) is 10.0 Å². The van der Waals surface area contributed by atoms with Gasteiger partial charge < -0.3 is 4.74 Å². The monoisotopic (exact) mass is 425 g/mol. The largest absolute Gasteiger partial charge is 0.496 e. The lowest BCUT2D eigenvalue weighted by molar-refractivity contribution is 0.411. The molecule has 0 saturated heterocycles. The fourth-order valence-electron chi connectivity index (χ4n) is 1.95. The zero-order chi connectivity index (χ0) is 17.2. The van der Waals surface area contributed by atoms with Crippen LogP contribution in [0.2, 0.25) is 0 Å². The van der Waals surface area contributed by atoms with Gasteiger partial charge in [-0.3, -0.25) is 4.72 Å². The Bertz CT molecular complexity index is 959. The van der Waals surface area contributed by atoms with Crippen LogP contribution in [0.25, 0.3) is 10.6 Å². The van der Waals surface area contributed by atoms with Crippen molar-refractivity contribution in [1.82, 2.24) is 10.2 Å². The number of hydrogen-bond donors (Lipinski definition) is 1. The average Bonchev–Trinajstić information content (AvgIpc) is 3.03. The number of ether oxygens (including phenoxy) is 1. The molecule has 0 radical (unpaired) electrons. The second kappa shape index (κ2) is 6.88. The summed E-state index contributed by atoms with van der Waals surface area (Å²) in [6, 6.07) is 14.0. The number of hydrogen-bond acceptors (Lipinski definition) is 6. The van der Waals surface area contributed by atoms with Crippen molar-refractivity contribution >= 4 is 42.4 Å². The molecule has 24 heavy (non-hydrogen) atoms. The van der Waals surface area contributed by atoms with Gasteiger partial charge in [0.05, 0.1) is 16.5 Å². The van der Waals surface area contributed by atoms with Crippen LogP contribution in [0.15, 0.2) is 57.9 Å². The van der Waals surface area contributed by atoms with Crippen LogP contribution in [0.4, 0.5) is 5.13 Å². The summed E-state index contributed by atoms with van der Waals surface area (Å²) in [6.07, 6.45) is 0. The molecular formula is C15H12BrN3O3S2. The highest BCUT2D eigenvalue weighted by Gasteiger charge is 2.18. The summed E-state index contributed by atoms with van der Waals surface area (Å²) in [4.78, 5) is 0.103. The van der Waals surface area contributed by atoms with Gasteiger partial charge in [0.25, 0.3) is 10.0 Å². The Morgan fingerprint density at radius 3 is 2.54 bits per heavy atom. The fraction of sp³-hybridized carbons (Fsp3) is 0.0667. The van der Waals surface area contributed by atoms with Gasteiger partial charge in [0.15, 0.2) is 0 Å². The molecular weight excluding hydrogens is 414 g/mol. The van der Waals surface area contributed by atoms with Gasteiger partial charge in [0.2, 0.25) is 5.13 Å². The molecule has 0 fully saturated rings. The Morgan fingerprint density at radius 1 is 1.12 bits per heavy atom. The molecule has 1 heterocycles. The predicted molar refractivity (Wildman–Crippen MR) is 96.8 cm³/mol. The van der Waals surface area contributed by atoms with Crippen molar-refractivity contribution in [2.45, 2.75) is 4.90 Å². The number of halogens is 1. The number of methoxy groups -OCH3 is 1. The molecule has 1 N–H and O–H groups in total. The third-order valence-electron chi connectivity index (χ3n) is 3.10. The van der Waals surface area contributed by atoms with Crippen molar-refractivity contribution in [3.8, 4) is 16.3 Å². The van der Waals surface area contributed by atoms with Crippen molar-refractivity contribution in [2.75, 3.05) is 11.8 Å². The lowest BCUT2D eigenvalue weighted by atomic mass is 10.2. The maximum atomic E-state index is 12.5. The van der Waals surface area contributed by atoms with Crippen LogP contribution < -0.4 is 9.46 Å². The van der Waals surface area contributed by atoms with Crippen LogP contribution in [0.3, 0.4) is 0 Å². The van der Waals surface area contributed by atoms with Crippen LogP contribution >= 0.6 is 27.3 Å². The molecule has 0 atom stereocenters. The molecule has 9 heteroatoms. The van der Waals surface area contributed by atoms with Crippen LogP contribution in [0.5, 0.6) is 5.75 Å². The van der Waals surface area contributed by atoms with E-state index in [4.69, 9.17) is 4.74 Å². The molecule has 3 aromatic rings. The van der Waals surface area contributed by atoms with Crippen molar-refractivity contribution in [3.05, 3.63) is 53.0 Å². The summed E-state index contributed by atoms with van der Waals surface area (Å²) in [5, 5.41) is 8.77. The highest BCUT2D eigenvalue weighted by atomic mass is 79.9. The number of rotatable bonds is 5. The minimum Gasteiger partial charge on any atom is -0.496 e. The summed E-state index contributed by atoms with van der Waals surface area (Å²) in [6.45, 7) is 0. The van der Waals surface area contributed by atoms with E-state index in [1.807, 2.05) is 30.3 Å². The van der Waals surface area contributed by atoms with Crippen LogP contribution in [0.1, 0.15) is 0 Å². The maximum absolute atomic E-state index is 12.5. The molecule has 0 amide bonds. The highest BCUT2D eigenvalue weighted by Crippen LogP contribution is 2.30. The molecule has 0 unspecified atom stereocenters. The second-order valence-electron chi connectivity index (χ2n) is 4.68. The second-order valence-corrected chi connectivity index (χ2v) is 8.19. The maximum Gasteiger partial charge on any atom is 0.263 e.